The summed E-state index contributed by atoms with van der Waals surface area (Å²) in [6.07, 6.45) is 1.30. The van der Waals surface area contributed by atoms with Gasteiger partial charge in [-0.25, -0.2) is 9.37 Å². The SMILES string of the molecule is Cc1ccc(-c2nc3cc(OCC(F)=CCN)ccc3s2)cc1. The van der Waals surface area contributed by atoms with E-state index in [1.165, 1.54) is 11.6 Å². The van der Waals surface area contributed by atoms with Gasteiger partial charge in [0.1, 0.15) is 23.2 Å². The third kappa shape index (κ3) is 3.75. The molecule has 0 radical (unpaired) electrons. The topological polar surface area (TPSA) is 48.1 Å². The summed E-state index contributed by atoms with van der Waals surface area (Å²) in [6, 6.07) is 13.9. The number of hydrogen-bond acceptors (Lipinski definition) is 4. The van der Waals surface area contributed by atoms with Gasteiger partial charge in [0, 0.05) is 18.2 Å². The first-order valence-electron chi connectivity index (χ1n) is 7.31. The van der Waals surface area contributed by atoms with E-state index < -0.39 is 0 Å². The number of nitrogens with two attached hydrogens (primary N) is 1. The van der Waals surface area contributed by atoms with E-state index in [9.17, 15) is 4.39 Å². The van der Waals surface area contributed by atoms with E-state index in [4.69, 9.17) is 10.5 Å². The molecule has 5 heteroatoms. The van der Waals surface area contributed by atoms with Gasteiger partial charge in [0.15, 0.2) is 0 Å². The third-order valence-electron chi connectivity index (χ3n) is 3.37. The summed E-state index contributed by atoms with van der Waals surface area (Å²) in [5, 5.41) is 0.964. The Bertz CT molecular complexity index is 840. The van der Waals surface area contributed by atoms with Crippen molar-refractivity contribution in [2.45, 2.75) is 6.92 Å². The summed E-state index contributed by atoms with van der Waals surface area (Å²) >= 11 is 1.63. The Morgan fingerprint density at radius 3 is 2.78 bits per heavy atom. The van der Waals surface area contributed by atoms with Gasteiger partial charge < -0.3 is 10.5 Å². The number of thiazole rings is 1. The van der Waals surface area contributed by atoms with Crippen molar-refractivity contribution in [1.82, 2.24) is 4.98 Å². The van der Waals surface area contributed by atoms with Crippen LogP contribution in [0, 0.1) is 6.92 Å². The van der Waals surface area contributed by atoms with Crippen molar-refractivity contribution in [1.29, 1.82) is 0 Å². The fourth-order valence-corrected chi connectivity index (χ4v) is 3.11. The lowest BCUT2D eigenvalue weighted by Gasteiger charge is -2.03. The molecular weight excluding hydrogens is 311 g/mol. The number of rotatable bonds is 5. The molecular formula is C18H17FN2OS. The second kappa shape index (κ2) is 6.89. The van der Waals surface area contributed by atoms with E-state index in [0.29, 0.717) is 5.75 Å². The Morgan fingerprint density at radius 1 is 1.26 bits per heavy atom. The standard InChI is InChI=1S/C18H17FN2OS/c1-12-2-4-13(5-3-12)18-21-16-10-15(6-7-17(16)23-18)22-11-14(19)8-9-20/h2-8,10H,9,11,20H2,1H3. The molecule has 1 aromatic heterocycles. The van der Waals surface area contributed by atoms with Gasteiger partial charge in [-0.1, -0.05) is 29.8 Å². The van der Waals surface area contributed by atoms with E-state index in [1.54, 1.807) is 11.3 Å². The van der Waals surface area contributed by atoms with Gasteiger partial charge >= 0.3 is 0 Å². The number of aromatic nitrogens is 1. The summed E-state index contributed by atoms with van der Waals surface area (Å²) in [5.41, 5.74) is 8.43. The first kappa shape index (κ1) is 15.6. The van der Waals surface area contributed by atoms with Crippen LogP contribution in [-0.4, -0.2) is 18.1 Å². The van der Waals surface area contributed by atoms with Crippen LogP contribution in [0.2, 0.25) is 0 Å². The first-order valence-corrected chi connectivity index (χ1v) is 8.12. The van der Waals surface area contributed by atoms with Crippen LogP contribution < -0.4 is 10.5 Å². The van der Waals surface area contributed by atoms with Crippen LogP contribution in [0.1, 0.15) is 5.56 Å². The van der Waals surface area contributed by atoms with Crippen molar-refractivity contribution in [3.8, 4) is 16.3 Å². The van der Waals surface area contributed by atoms with Crippen molar-refractivity contribution < 1.29 is 9.13 Å². The van der Waals surface area contributed by atoms with Gasteiger partial charge in [-0.15, -0.1) is 11.3 Å². The smallest absolute Gasteiger partial charge is 0.139 e. The van der Waals surface area contributed by atoms with E-state index in [1.807, 2.05) is 18.2 Å². The number of benzene rings is 2. The molecule has 23 heavy (non-hydrogen) atoms. The monoisotopic (exact) mass is 328 g/mol. The number of halogens is 1. The molecule has 0 saturated carbocycles. The molecule has 0 aliphatic carbocycles. The van der Waals surface area contributed by atoms with Gasteiger partial charge in [-0.3, -0.25) is 0 Å². The predicted octanol–water partition coefficient (Wildman–Crippen LogP) is 4.46. The van der Waals surface area contributed by atoms with Crippen LogP contribution in [0.4, 0.5) is 4.39 Å². The largest absolute Gasteiger partial charge is 0.486 e. The lowest BCUT2D eigenvalue weighted by molar-refractivity contribution is 0.318. The zero-order valence-corrected chi connectivity index (χ0v) is 13.6. The van der Waals surface area contributed by atoms with Crippen LogP contribution in [0.25, 0.3) is 20.8 Å². The maximum absolute atomic E-state index is 13.3. The highest BCUT2D eigenvalue weighted by atomic mass is 32.1. The van der Waals surface area contributed by atoms with E-state index in [2.05, 4.69) is 36.2 Å². The summed E-state index contributed by atoms with van der Waals surface area (Å²) in [4.78, 5) is 4.65. The minimum absolute atomic E-state index is 0.113. The van der Waals surface area contributed by atoms with Crippen molar-refractivity contribution in [3.63, 3.8) is 0 Å². The van der Waals surface area contributed by atoms with Crippen LogP contribution in [-0.2, 0) is 0 Å². The van der Waals surface area contributed by atoms with E-state index >= 15 is 0 Å². The molecule has 0 fully saturated rings. The van der Waals surface area contributed by atoms with Crippen LogP contribution in [0.3, 0.4) is 0 Å². The molecule has 3 aromatic rings. The second-order valence-corrected chi connectivity index (χ2v) is 6.22. The summed E-state index contributed by atoms with van der Waals surface area (Å²) in [6.45, 7) is 2.11. The Hall–Kier alpha value is -2.24. The molecule has 0 unspecified atom stereocenters. The molecule has 3 rings (SSSR count). The maximum Gasteiger partial charge on any atom is 0.139 e. The molecule has 0 amide bonds. The molecule has 3 nitrogen and oxygen atoms in total. The van der Waals surface area contributed by atoms with Crippen molar-refractivity contribution in [2.24, 2.45) is 5.73 Å². The average Bonchev–Trinajstić information content (AvgIpc) is 2.97. The molecule has 0 saturated heterocycles. The van der Waals surface area contributed by atoms with Gasteiger partial charge in [-0.05, 0) is 25.1 Å². The average molecular weight is 328 g/mol. The molecule has 1 heterocycles. The lowest BCUT2D eigenvalue weighted by Crippen LogP contribution is -2.01. The highest BCUT2D eigenvalue weighted by Gasteiger charge is 2.08. The van der Waals surface area contributed by atoms with Crippen molar-refractivity contribution in [2.75, 3.05) is 13.2 Å². The number of fused-ring (bicyclic) bond motifs is 1. The molecule has 118 valence electrons. The Balaban J connectivity index is 1.83. The van der Waals surface area contributed by atoms with Crippen LogP contribution >= 0.6 is 11.3 Å². The fraction of sp³-hybridized carbons (Fsp3) is 0.167. The summed E-state index contributed by atoms with van der Waals surface area (Å²) in [7, 11) is 0. The van der Waals surface area contributed by atoms with Gasteiger partial charge in [0.05, 0.1) is 10.2 Å². The minimum atomic E-state index is -0.369. The highest BCUT2D eigenvalue weighted by molar-refractivity contribution is 7.21. The van der Waals surface area contributed by atoms with E-state index in [-0.39, 0.29) is 19.0 Å². The number of nitrogens with zero attached hydrogens (tertiary/aromatic N) is 1. The normalized spacial score (nSPS) is 11.9. The van der Waals surface area contributed by atoms with Crippen LogP contribution in [0.5, 0.6) is 5.75 Å². The Kier molecular flexibility index (Phi) is 4.69. The second-order valence-electron chi connectivity index (χ2n) is 5.19. The summed E-state index contributed by atoms with van der Waals surface area (Å²) in [5.74, 6) is 0.227. The van der Waals surface area contributed by atoms with Crippen LogP contribution in [0.15, 0.2) is 54.4 Å². The molecule has 2 N–H and O–H groups in total. The zero-order valence-electron chi connectivity index (χ0n) is 12.8. The number of aryl methyl sites for hydroxylation is 1. The Morgan fingerprint density at radius 2 is 2.04 bits per heavy atom. The molecule has 0 atom stereocenters. The van der Waals surface area contributed by atoms with Gasteiger partial charge in [-0.2, -0.15) is 0 Å². The van der Waals surface area contributed by atoms with E-state index in [0.717, 1.165) is 20.8 Å². The maximum atomic E-state index is 13.3. The van der Waals surface area contributed by atoms with Gasteiger partial charge in [0.25, 0.3) is 0 Å². The molecule has 0 bridgehead atoms. The lowest BCUT2D eigenvalue weighted by atomic mass is 10.2. The number of hydrogen-bond donors (Lipinski definition) is 1. The minimum Gasteiger partial charge on any atom is -0.486 e. The molecule has 0 aliphatic heterocycles. The quantitative estimate of drug-likeness (QED) is 0.752. The van der Waals surface area contributed by atoms with Crippen molar-refractivity contribution in [3.05, 3.63) is 59.9 Å². The number of ether oxygens (including phenoxy) is 1. The van der Waals surface area contributed by atoms with Gasteiger partial charge in [0.2, 0.25) is 0 Å². The Labute approximate surface area is 138 Å². The molecule has 0 spiro atoms. The summed E-state index contributed by atoms with van der Waals surface area (Å²) < 4.78 is 19.8. The first-order chi connectivity index (χ1) is 11.2. The zero-order chi connectivity index (χ0) is 16.2. The predicted molar refractivity (Wildman–Crippen MR) is 93.5 cm³/mol. The molecule has 0 aliphatic rings. The highest BCUT2D eigenvalue weighted by Crippen LogP contribution is 2.32. The third-order valence-corrected chi connectivity index (χ3v) is 4.46. The fourth-order valence-electron chi connectivity index (χ4n) is 2.16. The molecule has 2 aromatic carbocycles. The van der Waals surface area contributed by atoms with Crippen molar-refractivity contribution >= 4 is 21.6 Å².